The summed E-state index contributed by atoms with van der Waals surface area (Å²) < 4.78 is 5.39. The summed E-state index contributed by atoms with van der Waals surface area (Å²) in [4.78, 5) is 2.28. The molecule has 0 aliphatic carbocycles. The van der Waals surface area contributed by atoms with E-state index >= 15 is 0 Å². The van der Waals surface area contributed by atoms with E-state index in [1.807, 2.05) is 6.07 Å². The Labute approximate surface area is 117 Å². The Morgan fingerprint density at radius 3 is 2.84 bits per heavy atom. The summed E-state index contributed by atoms with van der Waals surface area (Å²) in [7, 11) is 3.88. The fourth-order valence-corrected chi connectivity index (χ4v) is 3.26. The van der Waals surface area contributed by atoms with Crippen LogP contribution in [0.5, 0.6) is 5.75 Å². The molecule has 0 saturated carbocycles. The van der Waals surface area contributed by atoms with Gasteiger partial charge in [0.25, 0.3) is 0 Å². The quantitative estimate of drug-likeness (QED) is 0.815. The number of hydrogen-bond acceptors (Lipinski definition) is 2. The monoisotopic (exact) mass is 259 g/mol. The average molecular weight is 259 g/mol. The van der Waals surface area contributed by atoms with Crippen molar-refractivity contribution in [3.63, 3.8) is 0 Å². The molecule has 1 aromatic carbocycles. The van der Waals surface area contributed by atoms with Crippen molar-refractivity contribution < 1.29 is 4.74 Å². The van der Waals surface area contributed by atoms with Gasteiger partial charge in [-0.2, -0.15) is 0 Å². The molecule has 2 heteroatoms. The molecule has 0 radical (unpaired) electrons. The second kappa shape index (κ2) is 5.68. The Morgan fingerprint density at radius 1 is 1.42 bits per heavy atom. The first-order valence-corrected chi connectivity index (χ1v) is 7.16. The highest BCUT2D eigenvalue weighted by Gasteiger charge is 2.37. The Morgan fingerprint density at radius 2 is 2.21 bits per heavy atom. The summed E-state index contributed by atoms with van der Waals surface area (Å²) in [5.41, 5.74) is 1.53. The van der Waals surface area contributed by atoms with Crippen LogP contribution in [0.1, 0.15) is 32.3 Å². The molecule has 104 valence electrons. The average Bonchev–Trinajstić information content (AvgIpc) is 2.42. The number of methoxy groups -OCH3 is 1. The minimum atomic E-state index is 0.149. The molecular weight excluding hydrogens is 234 g/mol. The van der Waals surface area contributed by atoms with Crippen molar-refractivity contribution in [1.29, 1.82) is 0 Å². The van der Waals surface area contributed by atoms with Gasteiger partial charge < -0.3 is 9.64 Å². The Balaban J connectivity index is 2.46. The van der Waals surface area contributed by atoms with E-state index in [1.165, 1.54) is 18.4 Å². The first-order chi connectivity index (χ1) is 9.12. The molecule has 2 unspecified atom stereocenters. The van der Waals surface area contributed by atoms with Gasteiger partial charge in [-0.1, -0.05) is 38.5 Å². The highest BCUT2D eigenvalue weighted by molar-refractivity contribution is 5.38. The van der Waals surface area contributed by atoms with Gasteiger partial charge in [0.2, 0.25) is 0 Å². The molecule has 1 aliphatic rings. The van der Waals surface area contributed by atoms with E-state index in [9.17, 15) is 0 Å². The molecule has 0 saturated heterocycles. The maximum atomic E-state index is 5.39. The van der Waals surface area contributed by atoms with E-state index in [0.29, 0.717) is 5.92 Å². The van der Waals surface area contributed by atoms with E-state index in [0.717, 1.165) is 12.3 Å². The van der Waals surface area contributed by atoms with Gasteiger partial charge in [-0.15, -0.1) is 0 Å². The minimum Gasteiger partial charge on any atom is -0.497 e. The molecule has 2 nitrogen and oxygen atoms in total. The highest BCUT2D eigenvalue weighted by Crippen LogP contribution is 2.42. The number of allylic oxidation sites excluding steroid dienone is 1. The fraction of sp³-hybridized carbons (Fsp3) is 0.529. The summed E-state index contributed by atoms with van der Waals surface area (Å²) in [6.07, 6.45) is 7.00. The summed E-state index contributed by atoms with van der Waals surface area (Å²) in [6, 6.07) is 8.56. The zero-order valence-corrected chi connectivity index (χ0v) is 12.5. The minimum absolute atomic E-state index is 0.149. The topological polar surface area (TPSA) is 12.5 Å². The SMILES string of the molecule is CCCC1(c2cccc(OC)c2)C=CN(C)CC1C. The van der Waals surface area contributed by atoms with Gasteiger partial charge in [-0.25, -0.2) is 0 Å². The molecule has 2 atom stereocenters. The van der Waals surface area contributed by atoms with E-state index in [2.05, 4.69) is 56.3 Å². The predicted octanol–water partition coefficient (Wildman–Crippen LogP) is 3.83. The van der Waals surface area contributed by atoms with Gasteiger partial charge in [0.15, 0.2) is 0 Å². The molecule has 1 heterocycles. The van der Waals surface area contributed by atoms with E-state index in [-0.39, 0.29) is 5.41 Å². The van der Waals surface area contributed by atoms with Gasteiger partial charge in [-0.3, -0.25) is 0 Å². The number of nitrogens with zero attached hydrogens (tertiary/aromatic N) is 1. The number of benzene rings is 1. The molecule has 0 amide bonds. The number of ether oxygens (including phenoxy) is 1. The van der Waals surface area contributed by atoms with Gasteiger partial charge >= 0.3 is 0 Å². The van der Waals surface area contributed by atoms with E-state index in [4.69, 9.17) is 4.74 Å². The second-order valence-electron chi connectivity index (χ2n) is 5.68. The second-order valence-corrected chi connectivity index (χ2v) is 5.68. The lowest BCUT2D eigenvalue weighted by Gasteiger charge is -2.42. The molecule has 1 aromatic rings. The first-order valence-electron chi connectivity index (χ1n) is 7.16. The van der Waals surface area contributed by atoms with Crippen LogP contribution in [0.4, 0.5) is 0 Å². The maximum Gasteiger partial charge on any atom is 0.119 e. The molecule has 0 aromatic heterocycles. The van der Waals surface area contributed by atoms with Crippen LogP contribution in [-0.2, 0) is 5.41 Å². The lowest BCUT2D eigenvalue weighted by atomic mass is 9.66. The van der Waals surface area contributed by atoms with Crippen LogP contribution in [0.25, 0.3) is 0 Å². The van der Waals surface area contributed by atoms with Crippen LogP contribution in [0.3, 0.4) is 0 Å². The molecule has 0 spiro atoms. The van der Waals surface area contributed by atoms with E-state index in [1.54, 1.807) is 7.11 Å². The van der Waals surface area contributed by atoms with Crippen molar-refractivity contribution in [2.75, 3.05) is 20.7 Å². The number of hydrogen-bond donors (Lipinski definition) is 0. The van der Waals surface area contributed by atoms with Gasteiger partial charge in [0.05, 0.1) is 7.11 Å². The van der Waals surface area contributed by atoms with Gasteiger partial charge in [0, 0.05) is 19.0 Å². The molecular formula is C17H25NO. The Kier molecular flexibility index (Phi) is 4.18. The zero-order chi connectivity index (χ0) is 13.9. The van der Waals surface area contributed by atoms with Crippen molar-refractivity contribution in [3.05, 3.63) is 42.1 Å². The van der Waals surface area contributed by atoms with Gasteiger partial charge in [0.1, 0.15) is 5.75 Å². The summed E-state index contributed by atoms with van der Waals surface area (Å²) in [5.74, 6) is 1.56. The molecule has 1 aliphatic heterocycles. The van der Waals surface area contributed by atoms with Crippen LogP contribution >= 0.6 is 0 Å². The maximum absolute atomic E-state index is 5.39. The molecule has 2 rings (SSSR count). The third-order valence-electron chi connectivity index (χ3n) is 4.34. The van der Waals surface area contributed by atoms with Crippen LogP contribution in [0, 0.1) is 5.92 Å². The van der Waals surface area contributed by atoms with Crippen LogP contribution < -0.4 is 4.74 Å². The van der Waals surface area contributed by atoms with Crippen molar-refractivity contribution in [3.8, 4) is 5.75 Å². The first kappa shape index (κ1) is 14.0. The highest BCUT2D eigenvalue weighted by atomic mass is 16.5. The standard InChI is InChI=1S/C17H25NO/c1-5-9-17(10-11-18(3)13-14(17)2)15-7-6-8-16(12-15)19-4/h6-8,10-12,14H,5,9,13H2,1-4H3. The normalized spacial score (nSPS) is 26.5. The predicted molar refractivity (Wildman–Crippen MR) is 80.5 cm³/mol. The summed E-state index contributed by atoms with van der Waals surface area (Å²) in [5, 5.41) is 0. The number of rotatable bonds is 4. The third-order valence-corrected chi connectivity index (χ3v) is 4.34. The Hall–Kier alpha value is -1.44. The lowest BCUT2D eigenvalue weighted by Crippen LogP contribution is -2.41. The Bertz CT molecular complexity index is 454. The van der Waals surface area contributed by atoms with Gasteiger partial charge in [-0.05, 0) is 36.2 Å². The smallest absolute Gasteiger partial charge is 0.119 e. The summed E-state index contributed by atoms with van der Waals surface area (Å²) >= 11 is 0. The third kappa shape index (κ3) is 2.63. The van der Waals surface area contributed by atoms with Crippen molar-refractivity contribution in [2.24, 2.45) is 5.92 Å². The molecule has 0 N–H and O–H groups in total. The largest absolute Gasteiger partial charge is 0.497 e. The van der Waals surface area contributed by atoms with Crippen LogP contribution in [0.2, 0.25) is 0 Å². The summed E-state index contributed by atoms with van der Waals surface area (Å²) in [6.45, 7) is 5.73. The van der Waals surface area contributed by atoms with E-state index < -0.39 is 0 Å². The van der Waals surface area contributed by atoms with Crippen molar-refractivity contribution >= 4 is 0 Å². The van der Waals surface area contributed by atoms with Crippen LogP contribution in [-0.4, -0.2) is 25.6 Å². The van der Waals surface area contributed by atoms with Crippen LogP contribution in [0.15, 0.2) is 36.5 Å². The van der Waals surface area contributed by atoms with Crippen molar-refractivity contribution in [2.45, 2.75) is 32.1 Å². The fourth-order valence-electron chi connectivity index (χ4n) is 3.26. The van der Waals surface area contributed by atoms with Crippen molar-refractivity contribution in [1.82, 2.24) is 4.90 Å². The zero-order valence-electron chi connectivity index (χ0n) is 12.5. The lowest BCUT2D eigenvalue weighted by molar-refractivity contribution is 0.236. The molecule has 0 fully saturated rings. The molecule has 0 bridgehead atoms. The molecule has 19 heavy (non-hydrogen) atoms.